The van der Waals surface area contributed by atoms with Crippen LogP contribution in [0.3, 0.4) is 0 Å². The fourth-order valence-electron chi connectivity index (χ4n) is 4.23. The Labute approximate surface area is 191 Å². The second-order valence-electron chi connectivity index (χ2n) is 8.23. The molecule has 8 nitrogen and oxygen atoms in total. The Morgan fingerprint density at radius 1 is 1.09 bits per heavy atom. The number of benzene rings is 2. The van der Waals surface area contributed by atoms with Gasteiger partial charge < -0.3 is 5.32 Å². The van der Waals surface area contributed by atoms with E-state index in [1.807, 2.05) is 73.8 Å². The summed E-state index contributed by atoms with van der Waals surface area (Å²) in [4.78, 5) is 21.5. The number of aromatic nitrogens is 6. The van der Waals surface area contributed by atoms with Crippen molar-refractivity contribution in [1.29, 1.82) is 0 Å². The van der Waals surface area contributed by atoms with Crippen LogP contribution in [0.2, 0.25) is 0 Å². The molecule has 5 aromatic rings. The van der Waals surface area contributed by atoms with E-state index in [0.717, 1.165) is 44.8 Å². The van der Waals surface area contributed by atoms with E-state index in [9.17, 15) is 4.79 Å². The summed E-state index contributed by atoms with van der Waals surface area (Å²) in [5.74, 6) is 0.00683. The minimum atomic E-state index is -0.0958. The van der Waals surface area contributed by atoms with E-state index in [4.69, 9.17) is 10.1 Å². The predicted octanol–water partition coefficient (Wildman–Crippen LogP) is 3.89. The molecule has 0 saturated heterocycles. The van der Waals surface area contributed by atoms with E-state index in [-0.39, 0.29) is 11.9 Å². The van der Waals surface area contributed by atoms with Crippen LogP contribution in [0.1, 0.15) is 41.9 Å². The maximum Gasteiger partial charge on any atom is 0.220 e. The van der Waals surface area contributed by atoms with Crippen molar-refractivity contribution in [2.75, 3.05) is 0 Å². The Balaban J connectivity index is 1.27. The van der Waals surface area contributed by atoms with Crippen LogP contribution in [0.15, 0.2) is 61.2 Å². The summed E-state index contributed by atoms with van der Waals surface area (Å²) in [6.07, 6.45) is 4.15. The van der Waals surface area contributed by atoms with Crippen molar-refractivity contribution in [1.82, 2.24) is 34.7 Å². The third-order valence-electron chi connectivity index (χ3n) is 6.07. The third kappa shape index (κ3) is 3.95. The van der Waals surface area contributed by atoms with Crippen molar-refractivity contribution < 1.29 is 4.79 Å². The number of carbonyl (C=O) groups excluding carboxylic acids is 1. The van der Waals surface area contributed by atoms with Gasteiger partial charge in [-0.3, -0.25) is 4.79 Å². The molecule has 8 heteroatoms. The number of carbonyl (C=O) groups is 1. The van der Waals surface area contributed by atoms with Crippen LogP contribution in [0.25, 0.3) is 22.2 Å². The Morgan fingerprint density at radius 2 is 1.88 bits per heavy atom. The van der Waals surface area contributed by atoms with Gasteiger partial charge in [-0.2, -0.15) is 10.2 Å². The molecule has 2 aromatic carbocycles. The van der Waals surface area contributed by atoms with Gasteiger partial charge >= 0.3 is 0 Å². The van der Waals surface area contributed by atoms with Gasteiger partial charge in [-0.05, 0) is 62.6 Å². The highest BCUT2D eigenvalue weighted by atomic mass is 16.1. The van der Waals surface area contributed by atoms with Gasteiger partial charge in [-0.15, -0.1) is 0 Å². The van der Waals surface area contributed by atoms with Gasteiger partial charge in [0, 0.05) is 23.2 Å². The summed E-state index contributed by atoms with van der Waals surface area (Å²) in [6, 6.07) is 15.8. The first kappa shape index (κ1) is 20.8. The highest BCUT2D eigenvalue weighted by molar-refractivity contribution is 5.92. The molecule has 3 aromatic heterocycles. The van der Waals surface area contributed by atoms with Gasteiger partial charge in [0.05, 0.1) is 17.2 Å². The van der Waals surface area contributed by atoms with Crippen molar-refractivity contribution >= 4 is 22.5 Å². The first-order chi connectivity index (χ1) is 16.0. The van der Waals surface area contributed by atoms with E-state index in [0.29, 0.717) is 12.8 Å². The lowest BCUT2D eigenvalue weighted by Crippen LogP contribution is -2.27. The lowest BCUT2D eigenvalue weighted by atomic mass is 10.0. The van der Waals surface area contributed by atoms with Crippen LogP contribution < -0.4 is 5.32 Å². The SMILES string of the molecule is Cc1nc2c3ccccc3nn2c(C)c1CCC(=O)N[C@@H](C)c1ccc(-n2cncn2)cc1. The lowest BCUT2D eigenvalue weighted by molar-refractivity contribution is -0.121. The number of rotatable bonds is 6. The minimum absolute atomic E-state index is 0.00683. The monoisotopic (exact) mass is 439 g/mol. The molecule has 0 aliphatic carbocycles. The van der Waals surface area contributed by atoms with E-state index >= 15 is 0 Å². The van der Waals surface area contributed by atoms with E-state index in [1.54, 1.807) is 11.0 Å². The van der Waals surface area contributed by atoms with E-state index < -0.39 is 0 Å². The minimum Gasteiger partial charge on any atom is -0.350 e. The zero-order valence-electron chi connectivity index (χ0n) is 18.9. The topological polar surface area (TPSA) is 90.0 Å². The summed E-state index contributed by atoms with van der Waals surface area (Å²) >= 11 is 0. The third-order valence-corrected chi connectivity index (χ3v) is 6.07. The van der Waals surface area contributed by atoms with Gasteiger partial charge in [0.25, 0.3) is 0 Å². The van der Waals surface area contributed by atoms with Crippen molar-refractivity contribution in [2.24, 2.45) is 0 Å². The molecule has 0 fully saturated rings. The average molecular weight is 440 g/mol. The molecule has 0 saturated carbocycles. The molecule has 166 valence electrons. The number of nitrogens with one attached hydrogen (secondary N) is 1. The highest BCUT2D eigenvalue weighted by Gasteiger charge is 2.16. The highest BCUT2D eigenvalue weighted by Crippen LogP contribution is 2.23. The maximum atomic E-state index is 12.7. The molecule has 0 unspecified atom stereocenters. The first-order valence-corrected chi connectivity index (χ1v) is 11.0. The van der Waals surface area contributed by atoms with E-state index in [2.05, 4.69) is 15.4 Å². The number of fused-ring (bicyclic) bond motifs is 3. The molecule has 1 amide bonds. The Bertz CT molecular complexity index is 1440. The number of hydrogen-bond acceptors (Lipinski definition) is 5. The fraction of sp³-hybridized carbons (Fsp3) is 0.240. The zero-order valence-corrected chi connectivity index (χ0v) is 18.9. The van der Waals surface area contributed by atoms with Gasteiger partial charge in [-0.25, -0.2) is 19.2 Å². The predicted molar refractivity (Wildman–Crippen MR) is 126 cm³/mol. The number of amides is 1. The van der Waals surface area contributed by atoms with E-state index in [1.165, 1.54) is 6.33 Å². The van der Waals surface area contributed by atoms with Crippen molar-refractivity contribution in [3.8, 4) is 5.69 Å². The first-order valence-electron chi connectivity index (χ1n) is 11.0. The molecule has 0 aliphatic heterocycles. The number of hydrogen-bond donors (Lipinski definition) is 1. The molecular formula is C25H25N7O. The number of aryl methyl sites for hydroxylation is 2. The molecule has 3 heterocycles. The van der Waals surface area contributed by atoms with Crippen LogP contribution in [-0.2, 0) is 11.2 Å². The van der Waals surface area contributed by atoms with Crippen LogP contribution in [-0.4, -0.2) is 35.3 Å². The summed E-state index contributed by atoms with van der Waals surface area (Å²) in [7, 11) is 0. The van der Waals surface area contributed by atoms with Crippen molar-refractivity contribution in [3.63, 3.8) is 0 Å². The van der Waals surface area contributed by atoms with Gasteiger partial charge in [0.1, 0.15) is 12.7 Å². The molecule has 0 spiro atoms. The van der Waals surface area contributed by atoms with Gasteiger partial charge in [0.15, 0.2) is 5.65 Å². The normalized spacial score (nSPS) is 12.3. The second kappa shape index (κ2) is 8.46. The summed E-state index contributed by atoms with van der Waals surface area (Å²) in [5.41, 5.74) is 6.77. The smallest absolute Gasteiger partial charge is 0.220 e. The fourth-order valence-corrected chi connectivity index (χ4v) is 4.23. The molecule has 1 N–H and O–H groups in total. The zero-order chi connectivity index (χ0) is 22.9. The van der Waals surface area contributed by atoms with Crippen LogP contribution >= 0.6 is 0 Å². The average Bonchev–Trinajstić information content (AvgIpc) is 3.48. The molecule has 1 atom stereocenters. The van der Waals surface area contributed by atoms with Crippen LogP contribution in [0.5, 0.6) is 0 Å². The largest absolute Gasteiger partial charge is 0.350 e. The van der Waals surface area contributed by atoms with Gasteiger partial charge in [-0.1, -0.05) is 24.3 Å². The van der Waals surface area contributed by atoms with Crippen LogP contribution in [0, 0.1) is 13.8 Å². The molecule has 0 radical (unpaired) electrons. The Morgan fingerprint density at radius 3 is 2.64 bits per heavy atom. The molecular weight excluding hydrogens is 414 g/mol. The summed E-state index contributed by atoms with van der Waals surface area (Å²) in [5, 5.41) is 13.0. The second-order valence-corrected chi connectivity index (χ2v) is 8.23. The lowest BCUT2D eigenvalue weighted by Gasteiger charge is -2.16. The summed E-state index contributed by atoms with van der Waals surface area (Å²) in [6.45, 7) is 6.03. The molecule has 0 aliphatic rings. The molecule has 0 bridgehead atoms. The molecule has 33 heavy (non-hydrogen) atoms. The summed E-state index contributed by atoms with van der Waals surface area (Å²) < 4.78 is 3.59. The maximum absolute atomic E-state index is 12.7. The Kier molecular flexibility index (Phi) is 5.34. The van der Waals surface area contributed by atoms with Gasteiger partial charge in [0.2, 0.25) is 5.91 Å². The standard InChI is InChI=1S/C25H25N7O/c1-16(19-8-10-20(11-9-19)31-15-26-14-27-31)28-24(33)13-12-21-17(2)29-25-22-6-4-5-7-23(22)30-32(25)18(21)3/h4-11,14-16H,12-13H2,1-3H3,(H,28,33)/t16-/m0/s1. The molecule has 5 rings (SSSR count). The Hall–Kier alpha value is -4.07. The van der Waals surface area contributed by atoms with Crippen molar-refractivity contribution in [3.05, 3.63) is 83.7 Å². The van der Waals surface area contributed by atoms with Crippen LogP contribution in [0.4, 0.5) is 0 Å². The van der Waals surface area contributed by atoms with Crippen molar-refractivity contribution in [2.45, 2.75) is 39.7 Å². The number of nitrogens with zero attached hydrogens (tertiary/aromatic N) is 6. The quantitative estimate of drug-likeness (QED) is 0.434.